The predicted octanol–water partition coefficient (Wildman–Crippen LogP) is 3.12. The predicted molar refractivity (Wildman–Crippen MR) is 74.1 cm³/mol. The van der Waals surface area contributed by atoms with Crippen molar-refractivity contribution in [1.82, 2.24) is 5.32 Å². The highest BCUT2D eigenvalue weighted by Gasteiger charge is 1.97. The Balaban J connectivity index is 1.84. The number of benzene rings is 2. The Morgan fingerprint density at radius 2 is 1.50 bits per heavy atom. The highest BCUT2D eigenvalue weighted by Crippen LogP contribution is 2.08. The molecule has 0 radical (unpaired) electrons. The van der Waals surface area contributed by atoms with E-state index < -0.39 is 0 Å². The third-order valence-electron chi connectivity index (χ3n) is 2.75. The fourth-order valence-corrected chi connectivity index (χ4v) is 1.89. The van der Waals surface area contributed by atoms with Gasteiger partial charge in [0.2, 0.25) is 0 Å². The molecule has 94 valence electrons. The second-order valence-electron chi connectivity index (χ2n) is 4.33. The maximum Gasteiger partial charge on any atom is 0.0721 e. The normalized spacial score (nSPS) is 10.5. The van der Waals surface area contributed by atoms with Crippen molar-refractivity contribution >= 4 is 0 Å². The molecule has 0 saturated carbocycles. The second kappa shape index (κ2) is 6.94. The Bertz CT molecular complexity index is 468. The maximum absolute atomic E-state index is 5.72. The molecule has 0 saturated heterocycles. The van der Waals surface area contributed by atoms with Crippen molar-refractivity contribution in [3.05, 3.63) is 71.3 Å². The average molecular weight is 241 g/mol. The van der Waals surface area contributed by atoms with Crippen LogP contribution in [0, 0.1) is 0 Å². The van der Waals surface area contributed by atoms with Gasteiger partial charge in [-0.2, -0.15) is 0 Å². The molecule has 18 heavy (non-hydrogen) atoms. The van der Waals surface area contributed by atoms with E-state index >= 15 is 0 Å². The number of rotatable bonds is 6. The molecule has 0 aliphatic rings. The van der Waals surface area contributed by atoms with Gasteiger partial charge in [-0.3, -0.25) is 0 Å². The minimum Gasteiger partial charge on any atom is -0.372 e. The van der Waals surface area contributed by atoms with E-state index in [1.165, 1.54) is 16.7 Å². The summed E-state index contributed by atoms with van der Waals surface area (Å²) < 4.78 is 5.72. The molecular weight excluding hydrogens is 222 g/mol. The SMILES string of the molecule is CNCc1cccc(COCc2ccccc2)c1. The summed E-state index contributed by atoms with van der Waals surface area (Å²) in [5.41, 5.74) is 3.72. The Labute approximate surface area is 109 Å². The van der Waals surface area contributed by atoms with E-state index in [4.69, 9.17) is 4.74 Å². The van der Waals surface area contributed by atoms with Crippen LogP contribution in [0.4, 0.5) is 0 Å². The van der Waals surface area contributed by atoms with Crippen LogP contribution in [0.5, 0.6) is 0 Å². The maximum atomic E-state index is 5.72. The van der Waals surface area contributed by atoms with Crippen molar-refractivity contribution < 1.29 is 4.74 Å². The molecule has 0 aliphatic heterocycles. The van der Waals surface area contributed by atoms with Gasteiger partial charge in [-0.05, 0) is 23.7 Å². The van der Waals surface area contributed by atoms with Crippen LogP contribution in [-0.4, -0.2) is 7.05 Å². The smallest absolute Gasteiger partial charge is 0.0721 e. The fourth-order valence-electron chi connectivity index (χ4n) is 1.89. The van der Waals surface area contributed by atoms with Gasteiger partial charge in [0.15, 0.2) is 0 Å². The van der Waals surface area contributed by atoms with Crippen LogP contribution in [0.2, 0.25) is 0 Å². The van der Waals surface area contributed by atoms with Crippen molar-refractivity contribution in [2.24, 2.45) is 0 Å². The van der Waals surface area contributed by atoms with Crippen molar-refractivity contribution in [2.75, 3.05) is 7.05 Å². The molecule has 0 aromatic heterocycles. The van der Waals surface area contributed by atoms with E-state index in [-0.39, 0.29) is 0 Å². The molecule has 0 unspecified atom stereocenters. The molecule has 0 fully saturated rings. The van der Waals surface area contributed by atoms with E-state index in [0.717, 1.165) is 6.54 Å². The summed E-state index contributed by atoms with van der Waals surface area (Å²) in [5.74, 6) is 0. The van der Waals surface area contributed by atoms with Gasteiger partial charge < -0.3 is 10.1 Å². The van der Waals surface area contributed by atoms with Crippen molar-refractivity contribution in [3.8, 4) is 0 Å². The zero-order chi connectivity index (χ0) is 12.6. The van der Waals surface area contributed by atoms with Crippen molar-refractivity contribution in [3.63, 3.8) is 0 Å². The quantitative estimate of drug-likeness (QED) is 0.839. The minimum absolute atomic E-state index is 0.659. The summed E-state index contributed by atoms with van der Waals surface area (Å²) in [6.07, 6.45) is 0. The van der Waals surface area contributed by atoms with Crippen LogP contribution >= 0.6 is 0 Å². The standard InChI is InChI=1S/C16H19NO/c1-17-11-15-8-5-9-16(10-15)13-18-12-14-6-3-2-4-7-14/h2-10,17H,11-13H2,1H3. The van der Waals surface area contributed by atoms with E-state index in [2.05, 4.69) is 41.7 Å². The van der Waals surface area contributed by atoms with E-state index in [1.54, 1.807) is 0 Å². The van der Waals surface area contributed by atoms with Gasteiger partial charge in [-0.25, -0.2) is 0 Å². The molecule has 0 bridgehead atoms. The molecule has 0 amide bonds. The first-order valence-electron chi connectivity index (χ1n) is 6.22. The molecule has 1 N–H and O–H groups in total. The van der Waals surface area contributed by atoms with Crippen molar-refractivity contribution in [2.45, 2.75) is 19.8 Å². The lowest BCUT2D eigenvalue weighted by Gasteiger charge is -2.06. The first-order chi connectivity index (χ1) is 8.88. The lowest BCUT2D eigenvalue weighted by atomic mass is 10.1. The third-order valence-corrected chi connectivity index (χ3v) is 2.75. The Kier molecular flexibility index (Phi) is 4.94. The van der Waals surface area contributed by atoms with Crippen LogP contribution in [0.1, 0.15) is 16.7 Å². The second-order valence-corrected chi connectivity index (χ2v) is 4.33. The van der Waals surface area contributed by atoms with Gasteiger partial charge in [0.1, 0.15) is 0 Å². The van der Waals surface area contributed by atoms with Crippen molar-refractivity contribution in [1.29, 1.82) is 0 Å². The molecule has 2 aromatic rings. The van der Waals surface area contributed by atoms with Crippen LogP contribution < -0.4 is 5.32 Å². The van der Waals surface area contributed by atoms with Gasteiger partial charge in [-0.1, -0.05) is 54.6 Å². The zero-order valence-electron chi connectivity index (χ0n) is 10.7. The van der Waals surface area contributed by atoms with E-state index in [9.17, 15) is 0 Å². The van der Waals surface area contributed by atoms with Gasteiger partial charge in [0.05, 0.1) is 13.2 Å². The first-order valence-corrected chi connectivity index (χ1v) is 6.22. The zero-order valence-corrected chi connectivity index (χ0v) is 10.7. The Hall–Kier alpha value is -1.64. The minimum atomic E-state index is 0.659. The number of ether oxygens (including phenoxy) is 1. The fraction of sp³-hybridized carbons (Fsp3) is 0.250. The molecule has 2 nitrogen and oxygen atoms in total. The van der Waals surface area contributed by atoms with Gasteiger partial charge >= 0.3 is 0 Å². The molecule has 0 spiro atoms. The summed E-state index contributed by atoms with van der Waals surface area (Å²) in [7, 11) is 1.96. The molecule has 0 aliphatic carbocycles. The molecule has 0 atom stereocenters. The Morgan fingerprint density at radius 3 is 2.28 bits per heavy atom. The van der Waals surface area contributed by atoms with Crippen LogP contribution in [-0.2, 0) is 24.5 Å². The highest BCUT2D eigenvalue weighted by atomic mass is 16.5. The average Bonchev–Trinajstić information content (AvgIpc) is 2.41. The first kappa shape index (κ1) is 12.8. The molecule has 0 heterocycles. The largest absolute Gasteiger partial charge is 0.372 e. The van der Waals surface area contributed by atoms with Crippen LogP contribution in [0.25, 0.3) is 0 Å². The van der Waals surface area contributed by atoms with Gasteiger partial charge in [-0.15, -0.1) is 0 Å². The van der Waals surface area contributed by atoms with E-state index in [0.29, 0.717) is 13.2 Å². The summed E-state index contributed by atoms with van der Waals surface area (Å²) in [6, 6.07) is 18.7. The summed E-state index contributed by atoms with van der Waals surface area (Å²) in [4.78, 5) is 0. The van der Waals surface area contributed by atoms with Crippen LogP contribution in [0.15, 0.2) is 54.6 Å². The lowest BCUT2D eigenvalue weighted by molar-refractivity contribution is 0.107. The van der Waals surface area contributed by atoms with E-state index in [1.807, 2.05) is 25.2 Å². The topological polar surface area (TPSA) is 21.3 Å². The molecule has 2 rings (SSSR count). The summed E-state index contributed by atoms with van der Waals surface area (Å²) in [6.45, 7) is 2.22. The van der Waals surface area contributed by atoms with Gasteiger partial charge in [0, 0.05) is 6.54 Å². The highest BCUT2D eigenvalue weighted by molar-refractivity contribution is 5.23. The Morgan fingerprint density at radius 1 is 0.833 bits per heavy atom. The lowest BCUT2D eigenvalue weighted by Crippen LogP contribution is -2.05. The molecule has 2 aromatic carbocycles. The number of hydrogen-bond donors (Lipinski definition) is 1. The molecular formula is C16H19NO. The molecule has 2 heteroatoms. The van der Waals surface area contributed by atoms with Gasteiger partial charge in [0.25, 0.3) is 0 Å². The summed E-state index contributed by atoms with van der Waals surface area (Å²) >= 11 is 0. The third kappa shape index (κ3) is 3.99. The summed E-state index contributed by atoms with van der Waals surface area (Å²) in [5, 5.41) is 3.15. The number of nitrogens with one attached hydrogen (secondary N) is 1. The monoisotopic (exact) mass is 241 g/mol. The number of hydrogen-bond acceptors (Lipinski definition) is 2. The van der Waals surface area contributed by atoms with Crippen LogP contribution in [0.3, 0.4) is 0 Å².